The molecule has 5 nitrogen and oxygen atoms in total. The molecule has 0 spiro atoms. The van der Waals surface area contributed by atoms with Crippen LogP contribution in [0.2, 0.25) is 0 Å². The summed E-state index contributed by atoms with van der Waals surface area (Å²) in [6, 6.07) is 10.2. The van der Waals surface area contributed by atoms with Crippen LogP contribution in [0.5, 0.6) is 0 Å². The third-order valence-electron chi connectivity index (χ3n) is 5.16. The topological polar surface area (TPSA) is 49.3 Å². The summed E-state index contributed by atoms with van der Waals surface area (Å²) in [7, 11) is 0. The van der Waals surface area contributed by atoms with Gasteiger partial charge >= 0.3 is 0 Å². The Hall–Kier alpha value is -2.69. The van der Waals surface area contributed by atoms with Crippen molar-refractivity contribution in [2.75, 3.05) is 31.1 Å². The van der Waals surface area contributed by atoms with E-state index in [-0.39, 0.29) is 5.91 Å². The molecule has 1 amide bonds. The Morgan fingerprint density at radius 3 is 2.54 bits per heavy atom. The van der Waals surface area contributed by atoms with Gasteiger partial charge in [-0.15, -0.1) is 0 Å². The van der Waals surface area contributed by atoms with E-state index in [9.17, 15) is 4.79 Å². The summed E-state index contributed by atoms with van der Waals surface area (Å²) >= 11 is 0. The predicted molar refractivity (Wildman–Crippen MR) is 103 cm³/mol. The number of anilines is 1. The van der Waals surface area contributed by atoms with Crippen LogP contribution in [0.1, 0.15) is 24.6 Å². The molecular weight excluding hydrogens is 324 g/mol. The Bertz CT molecular complexity index is 831. The first kappa shape index (κ1) is 16.8. The van der Waals surface area contributed by atoms with Gasteiger partial charge in [-0.2, -0.15) is 0 Å². The smallest absolute Gasteiger partial charge is 0.219 e. The summed E-state index contributed by atoms with van der Waals surface area (Å²) in [6.07, 6.45) is 7.08. The fourth-order valence-electron chi connectivity index (χ4n) is 3.71. The van der Waals surface area contributed by atoms with Crippen LogP contribution < -0.4 is 4.90 Å². The molecule has 0 radical (unpaired) electrons. The Morgan fingerprint density at radius 1 is 1.00 bits per heavy atom. The van der Waals surface area contributed by atoms with Crippen molar-refractivity contribution in [2.45, 2.75) is 26.2 Å². The maximum absolute atomic E-state index is 11.8. The molecule has 1 aromatic carbocycles. The van der Waals surface area contributed by atoms with Gasteiger partial charge in [0.1, 0.15) is 5.82 Å². The number of hydrogen-bond donors (Lipinski definition) is 0. The third-order valence-corrected chi connectivity index (χ3v) is 5.16. The van der Waals surface area contributed by atoms with Gasteiger partial charge < -0.3 is 9.80 Å². The molecule has 3 heterocycles. The summed E-state index contributed by atoms with van der Waals surface area (Å²) in [5, 5.41) is 0. The second-order valence-corrected chi connectivity index (χ2v) is 6.87. The molecule has 0 saturated carbocycles. The van der Waals surface area contributed by atoms with Crippen LogP contribution in [0.3, 0.4) is 0 Å². The molecule has 0 fully saturated rings. The van der Waals surface area contributed by atoms with Crippen molar-refractivity contribution in [2.24, 2.45) is 0 Å². The zero-order valence-corrected chi connectivity index (χ0v) is 15.2. The molecule has 0 bridgehead atoms. The molecule has 0 saturated heterocycles. The van der Waals surface area contributed by atoms with Crippen molar-refractivity contribution >= 4 is 11.7 Å². The minimum atomic E-state index is 0.136. The lowest BCUT2D eigenvalue weighted by Crippen LogP contribution is -2.31. The van der Waals surface area contributed by atoms with Crippen LogP contribution in [-0.2, 0) is 17.6 Å². The van der Waals surface area contributed by atoms with Crippen LogP contribution in [0.15, 0.2) is 42.5 Å². The van der Waals surface area contributed by atoms with E-state index >= 15 is 0 Å². The van der Waals surface area contributed by atoms with Gasteiger partial charge in [0.15, 0.2) is 5.82 Å². The summed E-state index contributed by atoms with van der Waals surface area (Å²) in [5.74, 6) is 1.96. The van der Waals surface area contributed by atoms with E-state index in [0.717, 1.165) is 68.3 Å². The van der Waals surface area contributed by atoms with Gasteiger partial charge in [-0.25, -0.2) is 9.97 Å². The van der Waals surface area contributed by atoms with Crippen molar-refractivity contribution in [3.8, 4) is 11.4 Å². The van der Waals surface area contributed by atoms with E-state index in [4.69, 9.17) is 9.97 Å². The average molecular weight is 348 g/mol. The van der Waals surface area contributed by atoms with Crippen molar-refractivity contribution in [3.63, 3.8) is 0 Å². The van der Waals surface area contributed by atoms with Gasteiger partial charge in [0.25, 0.3) is 0 Å². The van der Waals surface area contributed by atoms with E-state index in [1.54, 1.807) is 6.92 Å². The number of carbonyl (C=O) groups excluding carboxylic acids is 1. The van der Waals surface area contributed by atoms with Crippen LogP contribution in [0, 0.1) is 0 Å². The van der Waals surface area contributed by atoms with Gasteiger partial charge in [-0.05, 0) is 12.8 Å². The molecule has 2 aliphatic rings. The molecular formula is C21H24N4O. The molecule has 1 aromatic heterocycles. The Morgan fingerprint density at radius 2 is 1.81 bits per heavy atom. The van der Waals surface area contributed by atoms with Crippen molar-refractivity contribution in [1.82, 2.24) is 14.9 Å². The fraction of sp³-hybridized carbons (Fsp3) is 0.381. The van der Waals surface area contributed by atoms with E-state index in [1.807, 2.05) is 23.1 Å². The highest BCUT2D eigenvalue weighted by Gasteiger charge is 2.24. The Balaban J connectivity index is 1.78. The highest BCUT2D eigenvalue weighted by Crippen LogP contribution is 2.29. The quantitative estimate of drug-likeness (QED) is 0.783. The third kappa shape index (κ3) is 3.34. The molecule has 5 heteroatoms. The molecule has 2 aliphatic heterocycles. The van der Waals surface area contributed by atoms with Crippen molar-refractivity contribution in [3.05, 3.63) is 53.7 Å². The van der Waals surface area contributed by atoms with Gasteiger partial charge in [0, 0.05) is 50.7 Å². The highest BCUT2D eigenvalue weighted by atomic mass is 16.2. The van der Waals surface area contributed by atoms with Crippen LogP contribution in [0.25, 0.3) is 11.4 Å². The second-order valence-electron chi connectivity index (χ2n) is 6.87. The first-order valence-corrected chi connectivity index (χ1v) is 9.33. The van der Waals surface area contributed by atoms with Crippen LogP contribution >= 0.6 is 0 Å². The second kappa shape index (κ2) is 7.28. The number of aromatic nitrogens is 2. The number of hydrogen-bond acceptors (Lipinski definition) is 4. The van der Waals surface area contributed by atoms with Crippen molar-refractivity contribution in [1.29, 1.82) is 0 Å². The van der Waals surface area contributed by atoms with Crippen LogP contribution in [0.4, 0.5) is 5.82 Å². The molecule has 0 unspecified atom stereocenters. The number of rotatable bonds is 2. The highest BCUT2D eigenvalue weighted by molar-refractivity contribution is 5.73. The zero-order valence-electron chi connectivity index (χ0n) is 15.2. The maximum Gasteiger partial charge on any atom is 0.219 e. The number of carbonyl (C=O) groups is 1. The van der Waals surface area contributed by atoms with E-state index in [2.05, 4.69) is 29.2 Å². The Labute approximate surface area is 154 Å². The maximum atomic E-state index is 11.8. The summed E-state index contributed by atoms with van der Waals surface area (Å²) in [6.45, 7) is 4.98. The standard InChI is InChI=1S/C21H24N4O/c1-16(26)24-14-10-18-19(11-15-24)22-20(17-8-4-2-5-9-17)23-21(18)25-12-6-3-7-13-25/h2-6,8-9H,7,10-15H2,1H3. The van der Waals surface area contributed by atoms with Crippen molar-refractivity contribution < 1.29 is 4.79 Å². The first-order chi connectivity index (χ1) is 12.7. The molecule has 26 heavy (non-hydrogen) atoms. The molecule has 134 valence electrons. The van der Waals surface area contributed by atoms with E-state index in [1.165, 1.54) is 5.56 Å². The number of amides is 1. The predicted octanol–water partition coefficient (Wildman–Crippen LogP) is 2.86. The molecule has 0 atom stereocenters. The number of fused-ring (bicyclic) bond motifs is 1. The van der Waals surface area contributed by atoms with E-state index < -0.39 is 0 Å². The van der Waals surface area contributed by atoms with Crippen LogP contribution in [-0.4, -0.2) is 47.0 Å². The number of benzene rings is 1. The van der Waals surface area contributed by atoms with Gasteiger partial charge in [0.05, 0.1) is 5.69 Å². The minimum Gasteiger partial charge on any atom is -0.352 e. The number of nitrogens with zero attached hydrogens (tertiary/aromatic N) is 4. The minimum absolute atomic E-state index is 0.136. The Kier molecular flexibility index (Phi) is 4.69. The first-order valence-electron chi connectivity index (χ1n) is 9.33. The normalized spacial score (nSPS) is 17.0. The lowest BCUT2D eigenvalue weighted by atomic mass is 10.1. The zero-order chi connectivity index (χ0) is 17.9. The molecule has 2 aromatic rings. The monoisotopic (exact) mass is 348 g/mol. The van der Waals surface area contributed by atoms with Gasteiger partial charge in [-0.1, -0.05) is 42.5 Å². The lowest BCUT2D eigenvalue weighted by Gasteiger charge is -2.27. The summed E-state index contributed by atoms with van der Waals surface area (Å²) in [5.41, 5.74) is 3.34. The van der Waals surface area contributed by atoms with Gasteiger partial charge in [-0.3, -0.25) is 4.79 Å². The molecule has 4 rings (SSSR count). The van der Waals surface area contributed by atoms with Gasteiger partial charge in [0.2, 0.25) is 5.91 Å². The largest absolute Gasteiger partial charge is 0.352 e. The fourth-order valence-corrected chi connectivity index (χ4v) is 3.71. The summed E-state index contributed by atoms with van der Waals surface area (Å²) in [4.78, 5) is 26.0. The molecule has 0 aliphatic carbocycles. The SMILES string of the molecule is CC(=O)N1CCc2nc(-c3ccccc3)nc(N3CC=CCC3)c2CC1. The summed E-state index contributed by atoms with van der Waals surface area (Å²) < 4.78 is 0. The molecule has 0 N–H and O–H groups in total. The lowest BCUT2D eigenvalue weighted by molar-refractivity contribution is -0.128. The van der Waals surface area contributed by atoms with E-state index in [0.29, 0.717) is 0 Å². The average Bonchev–Trinajstić information content (AvgIpc) is 2.91.